The number of nitrogens with one attached hydrogen (secondary N) is 2. The second-order valence-corrected chi connectivity index (χ2v) is 6.04. The molecule has 2 heterocycles. The monoisotopic (exact) mass is 293 g/mol. The van der Waals surface area contributed by atoms with Gasteiger partial charge < -0.3 is 20.3 Å². The molecule has 1 amide bonds. The van der Waals surface area contributed by atoms with Gasteiger partial charge in [-0.2, -0.15) is 0 Å². The van der Waals surface area contributed by atoms with E-state index in [4.69, 9.17) is 4.74 Å². The van der Waals surface area contributed by atoms with Crippen molar-refractivity contribution in [2.75, 3.05) is 31.5 Å². The number of anilines is 1. The quantitative estimate of drug-likeness (QED) is 0.791. The van der Waals surface area contributed by atoms with Gasteiger partial charge in [-0.05, 0) is 26.8 Å². The van der Waals surface area contributed by atoms with E-state index in [1.54, 1.807) is 23.4 Å². The highest BCUT2D eigenvalue weighted by molar-refractivity contribution is 5.69. The lowest BCUT2D eigenvalue weighted by molar-refractivity contribution is 0.00550. The molecule has 1 aromatic rings. The molecule has 2 rings (SSSR count). The first-order valence-corrected chi connectivity index (χ1v) is 7.16. The fraction of sp³-hybridized carbons (Fsp3) is 0.643. The van der Waals surface area contributed by atoms with Crippen molar-refractivity contribution in [3.05, 3.63) is 18.5 Å². The number of rotatable bonds is 5. The molecule has 1 aliphatic rings. The molecule has 0 aromatic carbocycles. The Balaban J connectivity index is 1.56. The Morgan fingerprint density at radius 1 is 1.33 bits per heavy atom. The van der Waals surface area contributed by atoms with Gasteiger partial charge in [0, 0.05) is 44.6 Å². The maximum Gasteiger partial charge on any atom is 0.410 e. The lowest BCUT2D eigenvalue weighted by Gasteiger charge is -2.40. The first-order chi connectivity index (χ1) is 9.94. The summed E-state index contributed by atoms with van der Waals surface area (Å²) in [4.78, 5) is 21.6. The summed E-state index contributed by atoms with van der Waals surface area (Å²) < 4.78 is 5.30. The highest BCUT2D eigenvalue weighted by atomic mass is 16.6. The van der Waals surface area contributed by atoms with Crippen LogP contribution in [0.15, 0.2) is 18.5 Å². The van der Waals surface area contributed by atoms with Crippen LogP contribution in [-0.2, 0) is 4.74 Å². The molecule has 0 radical (unpaired) electrons. The van der Waals surface area contributed by atoms with Crippen LogP contribution in [0.25, 0.3) is 0 Å². The Labute approximate surface area is 125 Å². The Kier molecular flexibility index (Phi) is 4.95. The molecule has 116 valence electrons. The van der Waals surface area contributed by atoms with Crippen molar-refractivity contribution in [3.63, 3.8) is 0 Å². The van der Waals surface area contributed by atoms with Crippen LogP contribution in [0, 0.1) is 0 Å². The number of ether oxygens (including phenoxy) is 1. The van der Waals surface area contributed by atoms with Gasteiger partial charge in [-0.15, -0.1) is 0 Å². The van der Waals surface area contributed by atoms with E-state index >= 15 is 0 Å². The van der Waals surface area contributed by atoms with Gasteiger partial charge >= 0.3 is 6.09 Å². The predicted molar refractivity (Wildman–Crippen MR) is 80.1 cm³/mol. The number of carbonyl (C=O) groups is 1. The van der Waals surface area contributed by atoms with E-state index in [9.17, 15) is 4.79 Å². The number of hydrogen-bond donors (Lipinski definition) is 2. The summed E-state index contributed by atoms with van der Waals surface area (Å²) >= 11 is 0. The van der Waals surface area contributed by atoms with Crippen molar-refractivity contribution in [2.24, 2.45) is 0 Å². The minimum absolute atomic E-state index is 0.239. The zero-order valence-electron chi connectivity index (χ0n) is 12.8. The first-order valence-electron chi connectivity index (χ1n) is 7.16. The van der Waals surface area contributed by atoms with Gasteiger partial charge in [0.25, 0.3) is 0 Å². The fourth-order valence-corrected chi connectivity index (χ4v) is 1.92. The highest BCUT2D eigenvalue weighted by Gasteiger charge is 2.33. The lowest BCUT2D eigenvalue weighted by Crippen LogP contribution is -2.61. The highest BCUT2D eigenvalue weighted by Crippen LogP contribution is 2.14. The molecule has 0 unspecified atom stereocenters. The van der Waals surface area contributed by atoms with Gasteiger partial charge in [0.15, 0.2) is 0 Å². The van der Waals surface area contributed by atoms with Crippen molar-refractivity contribution in [1.29, 1.82) is 0 Å². The van der Waals surface area contributed by atoms with Crippen LogP contribution in [0.4, 0.5) is 10.7 Å². The molecule has 0 aliphatic carbocycles. The average molecular weight is 293 g/mol. The third-order valence-electron chi connectivity index (χ3n) is 2.94. The molecule has 21 heavy (non-hydrogen) atoms. The van der Waals surface area contributed by atoms with E-state index in [-0.39, 0.29) is 6.09 Å². The van der Waals surface area contributed by atoms with E-state index < -0.39 is 5.60 Å². The largest absolute Gasteiger partial charge is 0.444 e. The zero-order valence-corrected chi connectivity index (χ0v) is 12.8. The number of hydrogen-bond acceptors (Lipinski definition) is 6. The van der Waals surface area contributed by atoms with Crippen LogP contribution in [-0.4, -0.2) is 58.8 Å². The van der Waals surface area contributed by atoms with Gasteiger partial charge in [0.2, 0.25) is 5.95 Å². The number of carbonyl (C=O) groups excluding carboxylic acids is 1. The van der Waals surface area contributed by atoms with Gasteiger partial charge in [-0.1, -0.05) is 0 Å². The number of nitrogens with zero attached hydrogens (tertiary/aromatic N) is 3. The van der Waals surface area contributed by atoms with Gasteiger partial charge in [-0.25, -0.2) is 14.8 Å². The normalized spacial score (nSPS) is 15.5. The predicted octanol–water partition coefficient (Wildman–Crippen LogP) is 1.10. The van der Waals surface area contributed by atoms with E-state index in [1.165, 1.54) is 0 Å². The third-order valence-corrected chi connectivity index (χ3v) is 2.94. The van der Waals surface area contributed by atoms with Gasteiger partial charge in [-0.3, -0.25) is 0 Å². The number of aromatic nitrogens is 2. The number of likely N-dealkylation sites (tertiary alicyclic amines) is 1. The van der Waals surface area contributed by atoms with Crippen molar-refractivity contribution in [1.82, 2.24) is 20.2 Å². The summed E-state index contributed by atoms with van der Waals surface area (Å²) in [7, 11) is 0. The first kappa shape index (κ1) is 15.5. The summed E-state index contributed by atoms with van der Waals surface area (Å²) in [5, 5.41) is 6.49. The molecule has 1 aliphatic heterocycles. The summed E-state index contributed by atoms with van der Waals surface area (Å²) in [6.45, 7) is 8.54. The molecule has 0 atom stereocenters. The summed E-state index contributed by atoms with van der Waals surface area (Å²) in [6, 6.07) is 2.11. The Hall–Kier alpha value is -1.89. The maximum absolute atomic E-state index is 11.7. The molecule has 0 bridgehead atoms. The smallest absolute Gasteiger partial charge is 0.410 e. The second-order valence-electron chi connectivity index (χ2n) is 6.04. The van der Waals surface area contributed by atoms with Crippen molar-refractivity contribution >= 4 is 12.0 Å². The van der Waals surface area contributed by atoms with Crippen molar-refractivity contribution < 1.29 is 9.53 Å². The molecule has 1 aromatic heterocycles. The molecule has 0 saturated carbocycles. The van der Waals surface area contributed by atoms with E-state index in [0.717, 1.165) is 13.1 Å². The summed E-state index contributed by atoms with van der Waals surface area (Å²) in [6.07, 6.45) is 3.16. The molecule has 2 N–H and O–H groups in total. The van der Waals surface area contributed by atoms with Crippen LogP contribution in [0.1, 0.15) is 20.8 Å². The van der Waals surface area contributed by atoms with Gasteiger partial charge in [0.1, 0.15) is 5.60 Å². The van der Waals surface area contributed by atoms with Crippen molar-refractivity contribution in [2.45, 2.75) is 32.4 Å². The maximum atomic E-state index is 11.7. The Bertz CT molecular complexity index is 454. The molecular formula is C14H23N5O2. The third kappa shape index (κ3) is 5.18. The second kappa shape index (κ2) is 6.71. The molecule has 7 heteroatoms. The van der Waals surface area contributed by atoms with Crippen LogP contribution in [0.2, 0.25) is 0 Å². The van der Waals surface area contributed by atoms with E-state index in [0.29, 0.717) is 25.1 Å². The lowest BCUT2D eigenvalue weighted by atomic mass is 10.1. The topological polar surface area (TPSA) is 79.4 Å². The molecule has 1 fully saturated rings. The summed E-state index contributed by atoms with van der Waals surface area (Å²) in [5.74, 6) is 0.628. The minimum Gasteiger partial charge on any atom is -0.444 e. The SMILES string of the molecule is CC(C)(C)OC(=O)N1CC(NCCNc2ncccn2)C1. The van der Waals surface area contributed by atoms with Crippen LogP contribution < -0.4 is 10.6 Å². The van der Waals surface area contributed by atoms with Crippen LogP contribution in [0.3, 0.4) is 0 Å². The molecule has 0 spiro atoms. The van der Waals surface area contributed by atoms with Crippen molar-refractivity contribution in [3.8, 4) is 0 Å². The summed E-state index contributed by atoms with van der Waals surface area (Å²) in [5.41, 5.74) is -0.435. The van der Waals surface area contributed by atoms with Crippen LogP contribution in [0.5, 0.6) is 0 Å². The molecule has 1 saturated heterocycles. The van der Waals surface area contributed by atoms with Gasteiger partial charge in [0.05, 0.1) is 0 Å². The Morgan fingerprint density at radius 2 is 2.00 bits per heavy atom. The van der Waals surface area contributed by atoms with E-state index in [2.05, 4.69) is 20.6 Å². The average Bonchev–Trinajstić information content (AvgIpc) is 2.35. The molecule has 7 nitrogen and oxygen atoms in total. The standard InChI is InChI=1S/C14H23N5O2/c1-14(2,3)21-13(20)19-9-11(10-19)15-7-8-18-12-16-5-4-6-17-12/h4-6,11,15H,7-10H2,1-3H3,(H,16,17,18). The Morgan fingerprint density at radius 3 is 2.62 bits per heavy atom. The van der Waals surface area contributed by atoms with E-state index in [1.807, 2.05) is 20.8 Å². The fourth-order valence-electron chi connectivity index (χ4n) is 1.92. The minimum atomic E-state index is -0.435. The molecular weight excluding hydrogens is 270 g/mol. The zero-order chi connectivity index (χ0) is 15.3. The number of amides is 1. The van der Waals surface area contributed by atoms with Crippen LogP contribution >= 0.6 is 0 Å².